The van der Waals surface area contributed by atoms with Gasteiger partial charge in [0.15, 0.2) is 0 Å². The summed E-state index contributed by atoms with van der Waals surface area (Å²) < 4.78 is 5.70. The molecule has 0 aliphatic carbocycles. The molecular weight excluding hydrogens is 332 g/mol. The van der Waals surface area contributed by atoms with Crippen LogP contribution in [0.3, 0.4) is 0 Å². The topological polar surface area (TPSA) is 37.0 Å². The van der Waals surface area contributed by atoms with Gasteiger partial charge in [0.25, 0.3) is 0 Å². The van der Waals surface area contributed by atoms with Crippen molar-refractivity contribution >= 4 is 10.9 Å². The molecule has 1 unspecified atom stereocenters. The number of benzene rings is 2. The molecule has 0 saturated heterocycles. The average Bonchev–Trinajstić information content (AvgIpc) is 2.98. The van der Waals surface area contributed by atoms with Gasteiger partial charge in [-0.1, -0.05) is 32.4 Å². The molecule has 27 heavy (non-hydrogen) atoms. The van der Waals surface area contributed by atoms with Crippen molar-refractivity contribution in [3.05, 3.63) is 63.8 Å². The maximum atomic E-state index is 5.70. The van der Waals surface area contributed by atoms with Gasteiger partial charge < -0.3 is 15.0 Å². The lowest BCUT2D eigenvalue weighted by atomic mass is 9.82. The zero-order valence-corrected chi connectivity index (χ0v) is 17.3. The SMILES string of the molecule is COc1cc(C)c(C2NCCc3c2[nH]c2ccc(C)cc32)cc1C(C)(C)C. The second kappa shape index (κ2) is 6.42. The van der Waals surface area contributed by atoms with E-state index in [9.17, 15) is 0 Å². The van der Waals surface area contributed by atoms with Gasteiger partial charge in [-0.05, 0) is 72.2 Å². The molecule has 1 atom stereocenters. The summed E-state index contributed by atoms with van der Waals surface area (Å²) in [6, 6.07) is 11.4. The van der Waals surface area contributed by atoms with Crippen LogP contribution in [0.25, 0.3) is 10.9 Å². The van der Waals surface area contributed by atoms with E-state index in [4.69, 9.17) is 4.74 Å². The summed E-state index contributed by atoms with van der Waals surface area (Å²) in [4.78, 5) is 3.71. The summed E-state index contributed by atoms with van der Waals surface area (Å²) >= 11 is 0. The molecule has 142 valence electrons. The van der Waals surface area contributed by atoms with Crippen LogP contribution in [0.5, 0.6) is 5.75 Å². The number of hydrogen-bond donors (Lipinski definition) is 2. The molecule has 0 radical (unpaired) electrons. The number of nitrogens with one attached hydrogen (secondary N) is 2. The molecule has 1 aliphatic heterocycles. The number of aromatic amines is 1. The molecule has 4 rings (SSSR count). The van der Waals surface area contributed by atoms with E-state index in [1.807, 2.05) is 0 Å². The van der Waals surface area contributed by atoms with Crippen LogP contribution < -0.4 is 10.1 Å². The first-order valence-corrected chi connectivity index (χ1v) is 9.83. The predicted molar refractivity (Wildman–Crippen MR) is 113 cm³/mol. The highest BCUT2D eigenvalue weighted by atomic mass is 16.5. The van der Waals surface area contributed by atoms with Gasteiger partial charge in [-0.2, -0.15) is 0 Å². The normalized spacial score (nSPS) is 17.2. The molecule has 2 N–H and O–H groups in total. The van der Waals surface area contributed by atoms with Crippen LogP contribution in [-0.4, -0.2) is 18.6 Å². The van der Waals surface area contributed by atoms with Crippen LogP contribution in [0.2, 0.25) is 0 Å². The minimum absolute atomic E-state index is 0.0306. The quantitative estimate of drug-likeness (QED) is 0.647. The van der Waals surface area contributed by atoms with Crippen molar-refractivity contribution in [3.63, 3.8) is 0 Å². The van der Waals surface area contributed by atoms with Crippen LogP contribution in [-0.2, 0) is 11.8 Å². The van der Waals surface area contributed by atoms with Crippen LogP contribution >= 0.6 is 0 Å². The van der Waals surface area contributed by atoms with Crippen molar-refractivity contribution in [2.45, 2.75) is 52.5 Å². The number of methoxy groups -OCH3 is 1. The maximum Gasteiger partial charge on any atom is 0.122 e. The van der Waals surface area contributed by atoms with Gasteiger partial charge in [-0.25, -0.2) is 0 Å². The van der Waals surface area contributed by atoms with E-state index in [0.717, 1.165) is 18.7 Å². The monoisotopic (exact) mass is 362 g/mol. The molecule has 3 nitrogen and oxygen atoms in total. The fourth-order valence-corrected chi connectivity index (χ4v) is 4.37. The van der Waals surface area contributed by atoms with E-state index >= 15 is 0 Å². The van der Waals surface area contributed by atoms with E-state index in [1.54, 1.807) is 7.11 Å². The fourth-order valence-electron chi connectivity index (χ4n) is 4.37. The Kier molecular flexibility index (Phi) is 4.31. The van der Waals surface area contributed by atoms with Crippen LogP contribution in [0, 0.1) is 13.8 Å². The maximum absolute atomic E-state index is 5.70. The summed E-state index contributed by atoms with van der Waals surface area (Å²) in [6.45, 7) is 12.1. The molecule has 1 aliphatic rings. The zero-order valence-electron chi connectivity index (χ0n) is 17.3. The van der Waals surface area contributed by atoms with Crippen molar-refractivity contribution in [1.29, 1.82) is 0 Å². The summed E-state index contributed by atoms with van der Waals surface area (Å²) in [7, 11) is 1.76. The number of ether oxygens (including phenoxy) is 1. The van der Waals surface area contributed by atoms with Crippen LogP contribution in [0.15, 0.2) is 30.3 Å². The average molecular weight is 363 g/mol. The van der Waals surface area contributed by atoms with Gasteiger partial charge in [-0.15, -0.1) is 0 Å². The Morgan fingerprint density at radius 2 is 1.85 bits per heavy atom. The first kappa shape index (κ1) is 18.1. The Balaban J connectivity index is 1.90. The van der Waals surface area contributed by atoms with Crippen LogP contribution in [0.1, 0.15) is 60.3 Å². The van der Waals surface area contributed by atoms with Gasteiger partial charge in [0.1, 0.15) is 5.75 Å². The standard InChI is InChI=1S/C24H30N2O/c1-14-7-8-20-18(11-14)16-9-10-25-22(23(16)26-20)17-13-19(24(3,4)5)21(27-6)12-15(17)2/h7-8,11-13,22,25-26H,9-10H2,1-6H3. The van der Waals surface area contributed by atoms with Crippen molar-refractivity contribution in [1.82, 2.24) is 10.3 Å². The fraction of sp³-hybridized carbons (Fsp3) is 0.417. The molecule has 3 aromatic rings. The lowest BCUT2D eigenvalue weighted by Crippen LogP contribution is -2.31. The first-order chi connectivity index (χ1) is 12.8. The number of aromatic nitrogens is 1. The molecule has 0 fully saturated rings. The highest BCUT2D eigenvalue weighted by molar-refractivity contribution is 5.86. The van der Waals surface area contributed by atoms with Gasteiger partial charge in [0.2, 0.25) is 0 Å². The number of aryl methyl sites for hydroxylation is 2. The molecule has 0 spiro atoms. The molecule has 0 saturated carbocycles. The third-order valence-corrected chi connectivity index (χ3v) is 5.81. The largest absolute Gasteiger partial charge is 0.496 e. The summed E-state index contributed by atoms with van der Waals surface area (Å²) in [5, 5.41) is 5.13. The van der Waals surface area contributed by atoms with E-state index in [-0.39, 0.29) is 11.5 Å². The second-order valence-electron chi connectivity index (χ2n) is 8.86. The predicted octanol–water partition coefficient (Wildman–Crippen LogP) is 5.33. The van der Waals surface area contributed by atoms with Crippen molar-refractivity contribution in [2.24, 2.45) is 0 Å². The molecule has 2 aromatic carbocycles. The molecular formula is C24H30N2O. The lowest BCUT2D eigenvalue weighted by molar-refractivity contribution is 0.396. The van der Waals surface area contributed by atoms with Gasteiger partial charge in [0.05, 0.1) is 13.2 Å². The Labute approximate surface area is 162 Å². The van der Waals surface area contributed by atoms with Crippen molar-refractivity contribution in [3.8, 4) is 5.75 Å². The Hall–Kier alpha value is -2.26. The second-order valence-corrected chi connectivity index (χ2v) is 8.86. The van der Waals surface area contributed by atoms with Crippen LogP contribution in [0.4, 0.5) is 0 Å². The summed E-state index contributed by atoms with van der Waals surface area (Å²) in [5.41, 5.74) is 9.22. The minimum Gasteiger partial charge on any atom is -0.496 e. The Morgan fingerprint density at radius 3 is 2.56 bits per heavy atom. The highest BCUT2D eigenvalue weighted by Gasteiger charge is 2.29. The van der Waals surface area contributed by atoms with Crippen molar-refractivity contribution < 1.29 is 4.74 Å². The summed E-state index contributed by atoms with van der Waals surface area (Å²) in [5.74, 6) is 0.979. The van der Waals surface area contributed by atoms with E-state index < -0.39 is 0 Å². The van der Waals surface area contributed by atoms with E-state index in [2.05, 4.69) is 75.3 Å². The van der Waals surface area contributed by atoms with Crippen molar-refractivity contribution in [2.75, 3.05) is 13.7 Å². The number of fused-ring (bicyclic) bond motifs is 3. The van der Waals surface area contributed by atoms with Gasteiger partial charge in [-0.3, -0.25) is 0 Å². The number of hydrogen-bond acceptors (Lipinski definition) is 2. The molecule has 3 heteroatoms. The van der Waals surface area contributed by atoms with Gasteiger partial charge in [0, 0.05) is 23.1 Å². The summed E-state index contributed by atoms with van der Waals surface area (Å²) in [6.07, 6.45) is 1.07. The lowest BCUT2D eigenvalue weighted by Gasteiger charge is -2.29. The van der Waals surface area contributed by atoms with E-state index in [0.29, 0.717) is 0 Å². The highest BCUT2D eigenvalue weighted by Crippen LogP contribution is 2.39. The first-order valence-electron chi connectivity index (χ1n) is 9.83. The third-order valence-electron chi connectivity index (χ3n) is 5.81. The number of rotatable bonds is 2. The van der Waals surface area contributed by atoms with E-state index in [1.165, 1.54) is 44.4 Å². The molecule has 2 heterocycles. The van der Waals surface area contributed by atoms with Gasteiger partial charge >= 0.3 is 0 Å². The minimum atomic E-state index is 0.0306. The smallest absolute Gasteiger partial charge is 0.122 e. The molecule has 0 bridgehead atoms. The zero-order chi connectivity index (χ0) is 19.3. The third kappa shape index (κ3) is 3.04. The Bertz CT molecular complexity index is 1010. The number of H-pyrrole nitrogens is 1. The molecule has 0 amide bonds. The Morgan fingerprint density at radius 1 is 1.07 bits per heavy atom. The molecule has 1 aromatic heterocycles.